The van der Waals surface area contributed by atoms with Crippen LogP contribution in [0.2, 0.25) is 5.02 Å². The average molecular weight is 429 g/mol. The van der Waals surface area contributed by atoms with Gasteiger partial charge in [-0.25, -0.2) is 0 Å². The van der Waals surface area contributed by atoms with Gasteiger partial charge in [-0.3, -0.25) is 9.59 Å². The molecule has 1 aliphatic heterocycles. The maximum absolute atomic E-state index is 12.6. The van der Waals surface area contributed by atoms with Gasteiger partial charge in [0.05, 0.1) is 18.6 Å². The first-order valence-corrected chi connectivity index (χ1v) is 10.8. The average Bonchev–Trinajstić information content (AvgIpc) is 2.74. The Morgan fingerprint density at radius 3 is 2.43 bits per heavy atom. The first-order valence-electron chi connectivity index (χ1n) is 10.5. The van der Waals surface area contributed by atoms with Gasteiger partial charge in [0.15, 0.2) is 0 Å². The fraction of sp³-hybridized carbons (Fsp3) is 0.417. The molecule has 0 radical (unpaired) electrons. The number of rotatable bonds is 7. The number of carbonyl (C=O) groups is 2. The summed E-state index contributed by atoms with van der Waals surface area (Å²) in [7, 11) is 0. The monoisotopic (exact) mass is 428 g/mol. The zero-order chi connectivity index (χ0) is 21.5. The fourth-order valence-corrected chi connectivity index (χ4v) is 3.69. The maximum Gasteiger partial charge on any atom is 0.255 e. The van der Waals surface area contributed by atoms with E-state index in [-0.39, 0.29) is 17.9 Å². The number of likely N-dealkylation sites (tertiary alicyclic amines) is 1. The van der Waals surface area contributed by atoms with E-state index >= 15 is 0 Å². The zero-order valence-electron chi connectivity index (χ0n) is 17.6. The third-order valence-electron chi connectivity index (χ3n) is 5.26. The molecule has 1 aliphatic rings. The van der Waals surface area contributed by atoms with E-state index in [1.54, 1.807) is 6.07 Å². The van der Waals surface area contributed by atoms with Gasteiger partial charge in [0.2, 0.25) is 5.91 Å². The lowest BCUT2D eigenvalue weighted by atomic mass is 9.97. The van der Waals surface area contributed by atoms with Crippen molar-refractivity contribution in [1.82, 2.24) is 10.2 Å². The number of nitrogens with zero attached hydrogens (tertiary/aromatic N) is 1. The second kappa shape index (κ2) is 10.5. The highest BCUT2D eigenvalue weighted by atomic mass is 35.5. The largest absolute Gasteiger partial charge is 0.492 e. The second-order valence-corrected chi connectivity index (χ2v) is 8.50. The molecule has 0 aliphatic carbocycles. The molecule has 2 aromatic rings. The Bertz CT molecular complexity index is 859. The van der Waals surface area contributed by atoms with Crippen molar-refractivity contribution < 1.29 is 14.3 Å². The van der Waals surface area contributed by atoms with Crippen LogP contribution in [0, 0.1) is 5.92 Å². The lowest BCUT2D eigenvalue weighted by Crippen LogP contribution is -2.40. The van der Waals surface area contributed by atoms with Crippen LogP contribution in [0.5, 0.6) is 5.75 Å². The van der Waals surface area contributed by atoms with E-state index in [1.165, 1.54) is 0 Å². The Labute approximate surface area is 183 Å². The Morgan fingerprint density at radius 2 is 1.77 bits per heavy atom. The van der Waals surface area contributed by atoms with Crippen molar-refractivity contribution >= 4 is 23.4 Å². The van der Waals surface area contributed by atoms with Crippen molar-refractivity contribution in [3.8, 4) is 5.75 Å². The van der Waals surface area contributed by atoms with Crippen molar-refractivity contribution in [3.63, 3.8) is 0 Å². The lowest BCUT2D eigenvalue weighted by molar-refractivity contribution is -0.132. The number of hydrogen-bond donors (Lipinski definition) is 1. The minimum Gasteiger partial charge on any atom is -0.492 e. The summed E-state index contributed by atoms with van der Waals surface area (Å²) in [5.41, 5.74) is 1.54. The molecule has 0 saturated carbocycles. The molecule has 0 bridgehead atoms. The predicted molar refractivity (Wildman–Crippen MR) is 119 cm³/mol. The third kappa shape index (κ3) is 6.23. The highest BCUT2D eigenvalue weighted by Crippen LogP contribution is 2.23. The van der Waals surface area contributed by atoms with Gasteiger partial charge in [0, 0.05) is 24.2 Å². The highest BCUT2D eigenvalue weighted by Gasteiger charge is 2.24. The number of hydrogen-bond acceptors (Lipinski definition) is 3. The van der Waals surface area contributed by atoms with E-state index in [9.17, 15) is 9.59 Å². The van der Waals surface area contributed by atoms with Gasteiger partial charge >= 0.3 is 0 Å². The van der Waals surface area contributed by atoms with Crippen LogP contribution >= 0.6 is 11.6 Å². The molecule has 2 aromatic carbocycles. The molecule has 0 atom stereocenters. The number of amides is 2. The Balaban J connectivity index is 1.48. The summed E-state index contributed by atoms with van der Waals surface area (Å²) >= 11 is 5.91. The first-order chi connectivity index (χ1) is 14.4. The normalized spacial score (nSPS) is 14.6. The molecule has 0 spiro atoms. The maximum atomic E-state index is 12.6. The molecule has 0 unspecified atom stereocenters. The van der Waals surface area contributed by atoms with E-state index in [0.717, 1.165) is 31.5 Å². The molecule has 1 saturated heterocycles. The van der Waals surface area contributed by atoms with Crippen molar-refractivity contribution in [2.75, 3.05) is 19.7 Å². The molecular weight excluding hydrogens is 400 g/mol. The van der Waals surface area contributed by atoms with Crippen LogP contribution in [-0.4, -0.2) is 42.5 Å². The number of para-hydroxylation sites is 1. The predicted octanol–water partition coefficient (Wildman–Crippen LogP) is 4.34. The van der Waals surface area contributed by atoms with E-state index in [0.29, 0.717) is 35.3 Å². The van der Waals surface area contributed by atoms with Gasteiger partial charge in [0.1, 0.15) is 5.75 Å². The van der Waals surface area contributed by atoms with Gasteiger partial charge in [-0.2, -0.15) is 0 Å². The summed E-state index contributed by atoms with van der Waals surface area (Å²) in [6.07, 6.45) is 2.19. The smallest absolute Gasteiger partial charge is 0.255 e. The van der Waals surface area contributed by atoms with Crippen LogP contribution in [0.1, 0.15) is 42.6 Å². The number of nitrogens with one attached hydrogen (secondary N) is 1. The SMILES string of the molecule is CC(C)NC(=O)c1ccccc1OCC1CCN(C(=O)Cc2ccc(Cl)cc2)CC1. The summed E-state index contributed by atoms with van der Waals surface area (Å²) in [6.45, 7) is 5.88. The molecule has 1 fully saturated rings. The minimum absolute atomic E-state index is 0.0697. The third-order valence-corrected chi connectivity index (χ3v) is 5.51. The molecule has 1 N–H and O–H groups in total. The van der Waals surface area contributed by atoms with Crippen molar-refractivity contribution in [1.29, 1.82) is 0 Å². The van der Waals surface area contributed by atoms with Crippen LogP contribution in [0.15, 0.2) is 48.5 Å². The molecule has 1 heterocycles. The summed E-state index contributed by atoms with van der Waals surface area (Å²) in [4.78, 5) is 26.9. The van der Waals surface area contributed by atoms with Crippen LogP contribution < -0.4 is 10.1 Å². The second-order valence-electron chi connectivity index (χ2n) is 8.06. The molecule has 3 rings (SSSR count). The Morgan fingerprint density at radius 1 is 1.10 bits per heavy atom. The first kappa shape index (κ1) is 22.2. The van der Waals surface area contributed by atoms with Gasteiger partial charge in [-0.15, -0.1) is 0 Å². The van der Waals surface area contributed by atoms with E-state index in [1.807, 2.05) is 61.2 Å². The van der Waals surface area contributed by atoms with Gasteiger partial charge in [0.25, 0.3) is 5.91 Å². The van der Waals surface area contributed by atoms with Crippen LogP contribution in [0.25, 0.3) is 0 Å². The van der Waals surface area contributed by atoms with Crippen LogP contribution in [0.3, 0.4) is 0 Å². The molecule has 30 heavy (non-hydrogen) atoms. The summed E-state index contributed by atoms with van der Waals surface area (Å²) < 4.78 is 6.01. The van der Waals surface area contributed by atoms with E-state index in [2.05, 4.69) is 5.32 Å². The molecule has 0 aromatic heterocycles. The van der Waals surface area contributed by atoms with Gasteiger partial charge < -0.3 is 15.0 Å². The zero-order valence-corrected chi connectivity index (χ0v) is 18.3. The topological polar surface area (TPSA) is 58.6 Å². The standard InChI is InChI=1S/C24H29ClN2O3/c1-17(2)26-24(29)21-5-3-4-6-22(21)30-16-19-11-13-27(14-12-19)23(28)15-18-7-9-20(25)10-8-18/h3-10,17,19H,11-16H2,1-2H3,(H,26,29). The van der Waals surface area contributed by atoms with Crippen molar-refractivity contribution in [3.05, 3.63) is 64.7 Å². The molecule has 6 heteroatoms. The Hall–Kier alpha value is -2.53. The van der Waals surface area contributed by atoms with Crippen molar-refractivity contribution in [2.45, 2.75) is 39.2 Å². The van der Waals surface area contributed by atoms with E-state index in [4.69, 9.17) is 16.3 Å². The Kier molecular flexibility index (Phi) is 7.75. The van der Waals surface area contributed by atoms with Crippen LogP contribution in [0.4, 0.5) is 0 Å². The quantitative estimate of drug-likeness (QED) is 0.713. The fourth-order valence-electron chi connectivity index (χ4n) is 3.57. The van der Waals surface area contributed by atoms with Crippen LogP contribution in [-0.2, 0) is 11.2 Å². The number of halogens is 1. The van der Waals surface area contributed by atoms with E-state index < -0.39 is 0 Å². The summed E-state index contributed by atoms with van der Waals surface area (Å²) in [6, 6.07) is 14.8. The van der Waals surface area contributed by atoms with Gasteiger partial charge in [-0.05, 0) is 62.4 Å². The molecule has 5 nitrogen and oxygen atoms in total. The molecule has 2 amide bonds. The summed E-state index contributed by atoms with van der Waals surface area (Å²) in [5.74, 6) is 0.998. The molecule has 160 valence electrons. The minimum atomic E-state index is -0.122. The number of ether oxygens (including phenoxy) is 1. The summed E-state index contributed by atoms with van der Waals surface area (Å²) in [5, 5.41) is 3.58. The number of benzene rings is 2. The lowest BCUT2D eigenvalue weighted by Gasteiger charge is -2.32. The van der Waals surface area contributed by atoms with Crippen molar-refractivity contribution in [2.24, 2.45) is 5.92 Å². The molecular formula is C24H29ClN2O3. The van der Waals surface area contributed by atoms with Gasteiger partial charge in [-0.1, -0.05) is 35.9 Å². The number of piperidine rings is 1. The highest BCUT2D eigenvalue weighted by molar-refractivity contribution is 6.30. The number of carbonyl (C=O) groups excluding carboxylic acids is 2.